The minimum absolute atomic E-state index is 0.00621. The molecule has 2 aromatic rings. The topological polar surface area (TPSA) is 79.6 Å². The number of rotatable bonds is 5. The highest BCUT2D eigenvalue weighted by Crippen LogP contribution is 2.35. The van der Waals surface area contributed by atoms with Crippen LogP contribution in [0.3, 0.4) is 0 Å². The Bertz CT molecular complexity index is 922. The summed E-state index contributed by atoms with van der Waals surface area (Å²) in [6, 6.07) is 14.0. The molecule has 1 aliphatic heterocycles. The average Bonchev–Trinajstić information content (AvgIpc) is 3.07. The van der Waals surface area contributed by atoms with Crippen molar-refractivity contribution < 1.29 is 19.1 Å². The fourth-order valence-electron chi connectivity index (χ4n) is 2.99. The second-order valence-electron chi connectivity index (χ2n) is 6.10. The predicted octanol–water partition coefficient (Wildman–Crippen LogP) is 3.32. The summed E-state index contributed by atoms with van der Waals surface area (Å²) in [5.41, 5.74) is 1.62. The van der Waals surface area contributed by atoms with Crippen molar-refractivity contribution in [3.63, 3.8) is 0 Å². The number of anilines is 1. The van der Waals surface area contributed by atoms with Crippen molar-refractivity contribution >= 4 is 29.2 Å². The van der Waals surface area contributed by atoms with E-state index in [4.69, 9.17) is 26.3 Å². The number of methoxy groups -OCH3 is 1. The summed E-state index contributed by atoms with van der Waals surface area (Å²) < 4.78 is 10.6. The van der Waals surface area contributed by atoms with Gasteiger partial charge >= 0.3 is 5.97 Å². The largest absolute Gasteiger partial charge is 0.495 e. The van der Waals surface area contributed by atoms with Gasteiger partial charge in [0.2, 0.25) is 5.91 Å². The zero-order valence-electron chi connectivity index (χ0n) is 14.6. The Labute approximate surface area is 161 Å². The molecule has 0 aromatic heterocycles. The van der Waals surface area contributed by atoms with Gasteiger partial charge in [-0.15, -0.1) is 0 Å². The number of amides is 1. The van der Waals surface area contributed by atoms with E-state index in [9.17, 15) is 9.59 Å². The van der Waals surface area contributed by atoms with Gasteiger partial charge in [0.05, 0.1) is 30.3 Å². The Morgan fingerprint density at radius 2 is 2.11 bits per heavy atom. The van der Waals surface area contributed by atoms with E-state index in [-0.39, 0.29) is 25.5 Å². The maximum Gasteiger partial charge on any atom is 0.311 e. The lowest BCUT2D eigenvalue weighted by atomic mass is 10.1. The molecule has 138 valence electrons. The fraction of sp³-hybridized carbons (Fsp3) is 0.250. The molecule has 0 spiro atoms. The van der Waals surface area contributed by atoms with Gasteiger partial charge in [-0.1, -0.05) is 29.8 Å². The summed E-state index contributed by atoms with van der Waals surface area (Å²) >= 11 is 6.03. The van der Waals surface area contributed by atoms with Crippen molar-refractivity contribution in [1.82, 2.24) is 0 Å². The normalized spacial score (nSPS) is 16.1. The van der Waals surface area contributed by atoms with Crippen LogP contribution in [0.15, 0.2) is 42.5 Å². The van der Waals surface area contributed by atoms with Crippen LogP contribution in [0.2, 0.25) is 5.02 Å². The molecule has 0 N–H and O–H groups in total. The zero-order chi connectivity index (χ0) is 19.4. The number of ether oxygens (including phenoxy) is 2. The first kappa shape index (κ1) is 18.7. The highest BCUT2D eigenvalue weighted by Gasteiger charge is 2.37. The molecule has 0 bridgehead atoms. The Morgan fingerprint density at radius 1 is 1.33 bits per heavy atom. The minimum Gasteiger partial charge on any atom is -0.495 e. The monoisotopic (exact) mass is 384 g/mol. The lowest BCUT2D eigenvalue weighted by Crippen LogP contribution is -2.26. The third-order valence-corrected chi connectivity index (χ3v) is 4.63. The Hall–Kier alpha value is -3.04. The van der Waals surface area contributed by atoms with E-state index < -0.39 is 11.9 Å². The summed E-state index contributed by atoms with van der Waals surface area (Å²) in [6.07, 6.45) is 0.0500. The van der Waals surface area contributed by atoms with E-state index in [2.05, 4.69) is 6.07 Å². The second-order valence-corrected chi connectivity index (χ2v) is 6.53. The van der Waals surface area contributed by atoms with Crippen LogP contribution in [-0.2, 0) is 20.9 Å². The van der Waals surface area contributed by atoms with Crippen LogP contribution in [-0.4, -0.2) is 25.5 Å². The summed E-state index contributed by atoms with van der Waals surface area (Å²) in [5, 5.41) is 9.57. The maximum absolute atomic E-state index is 12.4. The van der Waals surface area contributed by atoms with Crippen LogP contribution < -0.4 is 9.64 Å². The fourth-order valence-corrected chi connectivity index (χ4v) is 3.16. The second kappa shape index (κ2) is 8.11. The molecule has 1 amide bonds. The standard InChI is InChI=1S/C20H17ClN2O4/c1-26-18-7-6-16(21)9-17(18)23-11-15(8-19(23)24)20(25)27-12-14-5-3-2-4-13(14)10-22/h2-7,9,15H,8,11-12H2,1H3/t15-/m0/s1. The molecule has 1 atom stereocenters. The molecule has 2 aromatic carbocycles. The van der Waals surface area contributed by atoms with E-state index in [0.29, 0.717) is 27.6 Å². The van der Waals surface area contributed by atoms with Crippen LogP contribution in [0.25, 0.3) is 0 Å². The first-order valence-corrected chi connectivity index (χ1v) is 8.70. The van der Waals surface area contributed by atoms with Crippen LogP contribution in [0.4, 0.5) is 5.69 Å². The van der Waals surface area contributed by atoms with Crippen LogP contribution >= 0.6 is 11.6 Å². The van der Waals surface area contributed by atoms with Crippen LogP contribution in [0.5, 0.6) is 5.75 Å². The van der Waals surface area contributed by atoms with Gasteiger partial charge < -0.3 is 14.4 Å². The summed E-state index contributed by atoms with van der Waals surface area (Å²) in [6.45, 7) is 0.183. The molecular weight excluding hydrogens is 368 g/mol. The van der Waals surface area contributed by atoms with Gasteiger partial charge in [-0.2, -0.15) is 5.26 Å². The SMILES string of the molecule is COc1ccc(Cl)cc1N1C[C@@H](C(=O)OCc2ccccc2C#N)CC1=O. The zero-order valence-corrected chi connectivity index (χ0v) is 15.4. The van der Waals surface area contributed by atoms with Gasteiger partial charge in [0.15, 0.2) is 0 Å². The molecule has 0 saturated carbocycles. The average molecular weight is 385 g/mol. The van der Waals surface area contributed by atoms with E-state index in [1.54, 1.807) is 42.5 Å². The van der Waals surface area contributed by atoms with Gasteiger partial charge in [-0.05, 0) is 24.3 Å². The number of benzene rings is 2. The first-order valence-electron chi connectivity index (χ1n) is 8.32. The van der Waals surface area contributed by atoms with E-state index in [0.717, 1.165) is 0 Å². The van der Waals surface area contributed by atoms with Crippen molar-refractivity contribution in [1.29, 1.82) is 5.26 Å². The highest BCUT2D eigenvalue weighted by atomic mass is 35.5. The van der Waals surface area contributed by atoms with Crippen molar-refractivity contribution in [2.24, 2.45) is 5.92 Å². The van der Waals surface area contributed by atoms with E-state index in [1.165, 1.54) is 12.0 Å². The van der Waals surface area contributed by atoms with E-state index >= 15 is 0 Å². The van der Waals surface area contributed by atoms with Crippen LogP contribution in [0.1, 0.15) is 17.5 Å². The predicted molar refractivity (Wildman–Crippen MR) is 99.4 cm³/mol. The molecule has 6 nitrogen and oxygen atoms in total. The molecule has 3 rings (SSSR count). The molecule has 7 heteroatoms. The Morgan fingerprint density at radius 3 is 2.85 bits per heavy atom. The summed E-state index contributed by atoms with van der Waals surface area (Å²) in [4.78, 5) is 26.3. The molecule has 0 radical (unpaired) electrons. The third-order valence-electron chi connectivity index (χ3n) is 4.40. The first-order chi connectivity index (χ1) is 13.0. The quantitative estimate of drug-likeness (QED) is 0.739. The molecule has 0 unspecified atom stereocenters. The van der Waals surface area contributed by atoms with Gasteiger partial charge in [-0.25, -0.2) is 0 Å². The molecule has 1 aliphatic rings. The van der Waals surface area contributed by atoms with E-state index in [1.807, 2.05) is 0 Å². The number of carbonyl (C=O) groups excluding carboxylic acids is 2. The molecular formula is C20H17ClN2O4. The molecule has 27 heavy (non-hydrogen) atoms. The number of nitrogens with zero attached hydrogens (tertiary/aromatic N) is 2. The van der Waals surface area contributed by atoms with Crippen molar-refractivity contribution in [3.05, 3.63) is 58.6 Å². The number of carbonyl (C=O) groups is 2. The third kappa shape index (κ3) is 4.04. The molecule has 0 aliphatic carbocycles. The lowest BCUT2D eigenvalue weighted by Gasteiger charge is -2.19. The van der Waals surface area contributed by atoms with Crippen LogP contribution in [0, 0.1) is 17.2 Å². The minimum atomic E-state index is -0.588. The number of esters is 1. The number of nitriles is 1. The molecule has 1 saturated heterocycles. The van der Waals surface area contributed by atoms with Crippen molar-refractivity contribution in [2.75, 3.05) is 18.6 Å². The van der Waals surface area contributed by atoms with Crippen molar-refractivity contribution in [2.45, 2.75) is 13.0 Å². The lowest BCUT2D eigenvalue weighted by molar-refractivity contribution is -0.149. The van der Waals surface area contributed by atoms with Gasteiger partial charge in [0.25, 0.3) is 0 Å². The smallest absolute Gasteiger partial charge is 0.311 e. The number of halogens is 1. The van der Waals surface area contributed by atoms with Gasteiger partial charge in [-0.3, -0.25) is 9.59 Å². The highest BCUT2D eigenvalue weighted by molar-refractivity contribution is 6.31. The Balaban J connectivity index is 1.69. The summed E-state index contributed by atoms with van der Waals surface area (Å²) in [5.74, 6) is -0.755. The van der Waals surface area contributed by atoms with Gasteiger partial charge in [0, 0.05) is 23.6 Å². The number of hydrogen-bond donors (Lipinski definition) is 0. The molecule has 1 heterocycles. The summed E-state index contributed by atoms with van der Waals surface area (Å²) in [7, 11) is 1.51. The Kier molecular flexibility index (Phi) is 5.63. The number of hydrogen-bond acceptors (Lipinski definition) is 5. The van der Waals surface area contributed by atoms with Crippen molar-refractivity contribution in [3.8, 4) is 11.8 Å². The molecule has 1 fully saturated rings. The maximum atomic E-state index is 12.4. The van der Waals surface area contributed by atoms with Gasteiger partial charge in [0.1, 0.15) is 12.4 Å².